The zero-order valence-electron chi connectivity index (χ0n) is 20.8. The summed E-state index contributed by atoms with van der Waals surface area (Å²) in [6, 6.07) is 19.0. The van der Waals surface area contributed by atoms with Crippen LogP contribution in [0.15, 0.2) is 72.3 Å². The number of anilines is 2. The van der Waals surface area contributed by atoms with E-state index < -0.39 is 17.7 Å². The third-order valence-corrected chi connectivity index (χ3v) is 6.94. The van der Waals surface area contributed by atoms with Crippen LogP contribution in [0.4, 0.5) is 11.4 Å². The van der Waals surface area contributed by atoms with E-state index in [0.717, 1.165) is 29.9 Å². The number of carbonyl (C=O) groups is 2. The Hall–Kier alpha value is -3.77. The summed E-state index contributed by atoms with van der Waals surface area (Å²) in [4.78, 5) is 30.5. The van der Waals surface area contributed by atoms with Gasteiger partial charge in [-0.15, -0.1) is 0 Å². The first-order chi connectivity index (χ1) is 17.3. The number of benzene rings is 3. The number of hydrogen-bond acceptors (Lipinski definition) is 5. The van der Waals surface area contributed by atoms with Crippen molar-refractivity contribution in [1.82, 2.24) is 0 Å². The lowest BCUT2D eigenvalue weighted by Crippen LogP contribution is -2.30. The van der Waals surface area contributed by atoms with Gasteiger partial charge in [0, 0.05) is 30.0 Å². The van der Waals surface area contributed by atoms with Gasteiger partial charge in [0.05, 0.1) is 23.7 Å². The van der Waals surface area contributed by atoms with Gasteiger partial charge >= 0.3 is 0 Å². The predicted octanol–water partition coefficient (Wildman–Crippen LogP) is 6.13. The second-order valence-electron chi connectivity index (χ2n) is 8.56. The van der Waals surface area contributed by atoms with Crippen LogP contribution in [0, 0.1) is 6.92 Å². The topological polar surface area (TPSA) is 70.1 Å². The number of carbonyl (C=O) groups excluding carboxylic acids is 2. The second kappa shape index (κ2) is 10.5. The van der Waals surface area contributed by atoms with E-state index in [4.69, 9.17) is 16.3 Å². The van der Waals surface area contributed by atoms with Gasteiger partial charge in [-0.05, 0) is 74.4 Å². The summed E-state index contributed by atoms with van der Waals surface area (Å²) in [6.45, 7) is 7.78. The number of ether oxygens (including phenoxy) is 1. The molecule has 1 unspecified atom stereocenters. The van der Waals surface area contributed by atoms with Crippen molar-refractivity contribution in [2.24, 2.45) is 0 Å². The molecule has 0 aliphatic carbocycles. The molecular formula is C29H29ClN2O4. The lowest BCUT2D eigenvalue weighted by Gasteiger charge is -2.28. The van der Waals surface area contributed by atoms with Crippen LogP contribution in [0.3, 0.4) is 0 Å². The van der Waals surface area contributed by atoms with Gasteiger partial charge in [-0.1, -0.05) is 35.9 Å². The fourth-order valence-corrected chi connectivity index (χ4v) is 4.86. The van der Waals surface area contributed by atoms with Crippen LogP contribution in [0.25, 0.3) is 5.76 Å². The van der Waals surface area contributed by atoms with Crippen LogP contribution < -0.4 is 14.5 Å². The van der Waals surface area contributed by atoms with Crippen molar-refractivity contribution in [3.05, 3.63) is 94.0 Å². The van der Waals surface area contributed by atoms with Crippen LogP contribution >= 0.6 is 11.6 Å². The molecule has 0 saturated carbocycles. The molecule has 6 nitrogen and oxygen atoms in total. The minimum Gasteiger partial charge on any atom is -0.507 e. The maximum atomic E-state index is 13.4. The molecule has 1 heterocycles. The summed E-state index contributed by atoms with van der Waals surface area (Å²) in [7, 11) is 1.50. The van der Waals surface area contributed by atoms with Gasteiger partial charge in [0.25, 0.3) is 11.7 Å². The standard InChI is InChI=1S/C29H29ClN2O4/c1-5-31(6-2)19-11-13-20(14-12-19)32-26(22-10-8-7-9-18(22)3)25(28(34)29(32)35)27(33)23-17-21(36-4)15-16-24(23)30/h7-17,26,33H,5-6H2,1-4H3/b27-25+. The van der Waals surface area contributed by atoms with Crippen LogP contribution in [-0.2, 0) is 9.59 Å². The fourth-order valence-electron chi connectivity index (χ4n) is 4.66. The largest absolute Gasteiger partial charge is 0.507 e. The van der Waals surface area contributed by atoms with E-state index in [2.05, 4.69) is 18.7 Å². The van der Waals surface area contributed by atoms with E-state index in [-0.39, 0.29) is 21.9 Å². The number of Topliss-reactive ketones (excluding diaryl/α,β-unsaturated/α-hetero) is 1. The highest BCUT2D eigenvalue weighted by atomic mass is 35.5. The number of aliphatic hydroxyl groups excluding tert-OH is 1. The first-order valence-corrected chi connectivity index (χ1v) is 12.3. The predicted molar refractivity (Wildman–Crippen MR) is 144 cm³/mol. The summed E-state index contributed by atoms with van der Waals surface area (Å²) in [5.41, 5.74) is 3.43. The summed E-state index contributed by atoms with van der Waals surface area (Å²) < 4.78 is 5.28. The molecule has 0 radical (unpaired) electrons. The Morgan fingerprint density at radius 1 is 1.03 bits per heavy atom. The second-order valence-corrected chi connectivity index (χ2v) is 8.97. The number of aryl methyl sites for hydroxylation is 1. The van der Waals surface area contributed by atoms with Crippen molar-refractivity contribution in [2.45, 2.75) is 26.8 Å². The molecule has 1 saturated heterocycles. The van der Waals surface area contributed by atoms with Crippen molar-refractivity contribution in [1.29, 1.82) is 0 Å². The highest BCUT2D eigenvalue weighted by molar-refractivity contribution is 6.52. The van der Waals surface area contributed by atoms with Crippen molar-refractivity contribution < 1.29 is 19.4 Å². The van der Waals surface area contributed by atoms with Crippen molar-refractivity contribution >= 4 is 40.4 Å². The summed E-state index contributed by atoms with van der Waals surface area (Å²) >= 11 is 6.40. The third-order valence-electron chi connectivity index (χ3n) is 6.61. The Morgan fingerprint density at radius 2 is 1.69 bits per heavy atom. The van der Waals surface area contributed by atoms with Gasteiger partial charge in [-0.2, -0.15) is 0 Å². The van der Waals surface area contributed by atoms with Crippen LogP contribution in [-0.4, -0.2) is 37.0 Å². The maximum absolute atomic E-state index is 13.4. The van der Waals surface area contributed by atoms with Crippen LogP contribution in [0.5, 0.6) is 5.75 Å². The average Bonchev–Trinajstić information content (AvgIpc) is 3.15. The van der Waals surface area contributed by atoms with Crippen molar-refractivity contribution in [3.8, 4) is 5.75 Å². The van der Waals surface area contributed by atoms with E-state index in [1.807, 2.05) is 55.5 Å². The molecule has 1 fully saturated rings. The molecule has 3 aromatic carbocycles. The molecule has 3 aromatic rings. The zero-order chi connectivity index (χ0) is 26.0. The Labute approximate surface area is 216 Å². The van der Waals surface area contributed by atoms with Gasteiger partial charge in [-0.25, -0.2) is 0 Å². The summed E-state index contributed by atoms with van der Waals surface area (Å²) in [5.74, 6) is -1.35. The normalized spacial score (nSPS) is 16.9. The molecule has 36 heavy (non-hydrogen) atoms. The number of aliphatic hydroxyl groups is 1. The molecule has 4 rings (SSSR count). The molecule has 0 aromatic heterocycles. The van der Waals surface area contributed by atoms with E-state index in [1.165, 1.54) is 12.0 Å². The molecule has 1 aliphatic rings. The van der Waals surface area contributed by atoms with Crippen LogP contribution in [0.1, 0.15) is 36.6 Å². The number of halogens is 1. The quantitative estimate of drug-likeness (QED) is 0.238. The Balaban J connectivity index is 1.92. The van der Waals surface area contributed by atoms with E-state index in [9.17, 15) is 14.7 Å². The molecule has 1 atom stereocenters. The zero-order valence-corrected chi connectivity index (χ0v) is 21.5. The summed E-state index contributed by atoms with van der Waals surface area (Å²) in [5, 5.41) is 11.7. The van der Waals surface area contributed by atoms with Gasteiger partial charge in [0.15, 0.2) is 0 Å². The Morgan fingerprint density at radius 3 is 2.31 bits per heavy atom. The lowest BCUT2D eigenvalue weighted by molar-refractivity contribution is -0.132. The molecule has 1 amide bonds. The molecular weight excluding hydrogens is 476 g/mol. The highest BCUT2D eigenvalue weighted by Gasteiger charge is 2.47. The lowest BCUT2D eigenvalue weighted by atomic mass is 9.92. The average molecular weight is 505 g/mol. The monoisotopic (exact) mass is 504 g/mol. The first kappa shape index (κ1) is 25.3. The maximum Gasteiger partial charge on any atom is 0.300 e. The van der Waals surface area contributed by atoms with Gasteiger partial charge in [0.2, 0.25) is 0 Å². The minimum absolute atomic E-state index is 0.0164. The fraction of sp³-hybridized carbons (Fsp3) is 0.241. The smallest absolute Gasteiger partial charge is 0.300 e. The SMILES string of the molecule is CCN(CC)c1ccc(N2C(=O)C(=O)/C(=C(/O)c3cc(OC)ccc3Cl)C2c2ccccc2C)cc1. The van der Waals surface area contributed by atoms with E-state index >= 15 is 0 Å². The Kier molecular flexibility index (Phi) is 7.36. The molecule has 0 spiro atoms. The molecule has 1 N–H and O–H groups in total. The molecule has 7 heteroatoms. The Bertz CT molecular complexity index is 1330. The number of methoxy groups -OCH3 is 1. The molecule has 1 aliphatic heterocycles. The first-order valence-electron chi connectivity index (χ1n) is 11.9. The minimum atomic E-state index is -0.826. The van der Waals surface area contributed by atoms with E-state index in [1.54, 1.807) is 18.2 Å². The van der Waals surface area contributed by atoms with Crippen molar-refractivity contribution in [3.63, 3.8) is 0 Å². The van der Waals surface area contributed by atoms with Gasteiger partial charge in [0.1, 0.15) is 11.5 Å². The van der Waals surface area contributed by atoms with Crippen molar-refractivity contribution in [2.75, 3.05) is 30.0 Å². The number of nitrogens with zero attached hydrogens (tertiary/aromatic N) is 2. The highest BCUT2D eigenvalue weighted by Crippen LogP contribution is 2.44. The van der Waals surface area contributed by atoms with E-state index in [0.29, 0.717) is 11.4 Å². The molecule has 0 bridgehead atoms. The summed E-state index contributed by atoms with van der Waals surface area (Å²) in [6.07, 6.45) is 0. The van der Waals surface area contributed by atoms with Gasteiger partial charge in [-0.3, -0.25) is 14.5 Å². The number of hydrogen-bond donors (Lipinski definition) is 1. The van der Waals surface area contributed by atoms with Crippen LogP contribution in [0.2, 0.25) is 5.02 Å². The third kappa shape index (κ3) is 4.44. The number of ketones is 1. The number of amides is 1. The number of rotatable bonds is 7. The van der Waals surface area contributed by atoms with Gasteiger partial charge < -0.3 is 14.7 Å². The molecule has 186 valence electrons.